The highest BCUT2D eigenvalue weighted by Gasteiger charge is 2.13. The van der Waals surface area contributed by atoms with Crippen molar-refractivity contribution in [3.8, 4) is 0 Å². The number of fused-ring (bicyclic) bond motifs is 1. The first-order valence-corrected chi connectivity index (χ1v) is 4.13. The number of rotatable bonds is 1. The van der Waals surface area contributed by atoms with Gasteiger partial charge in [-0.25, -0.2) is 0 Å². The van der Waals surface area contributed by atoms with E-state index >= 15 is 0 Å². The molecule has 2 rings (SSSR count). The maximum absolute atomic E-state index is 5.66. The standard InChI is InChI=1S/C6H9ClN4/c7-3-5-9-10-6-4-8-1-2-11(5)6/h8H,1-4H2. The van der Waals surface area contributed by atoms with Crippen LogP contribution in [0.2, 0.25) is 0 Å². The lowest BCUT2D eigenvalue weighted by molar-refractivity contribution is 0.497. The maximum atomic E-state index is 5.66. The van der Waals surface area contributed by atoms with Gasteiger partial charge in [-0.05, 0) is 0 Å². The zero-order chi connectivity index (χ0) is 7.68. The molecule has 60 valence electrons. The number of aromatic nitrogens is 3. The van der Waals surface area contributed by atoms with Crippen molar-refractivity contribution in [1.29, 1.82) is 0 Å². The Morgan fingerprint density at radius 3 is 3.27 bits per heavy atom. The van der Waals surface area contributed by atoms with Crippen molar-refractivity contribution in [2.24, 2.45) is 0 Å². The number of nitrogens with zero attached hydrogens (tertiary/aromatic N) is 3. The van der Waals surface area contributed by atoms with E-state index in [0.29, 0.717) is 5.88 Å². The Kier molecular flexibility index (Phi) is 1.79. The van der Waals surface area contributed by atoms with Crippen molar-refractivity contribution in [2.45, 2.75) is 19.0 Å². The summed E-state index contributed by atoms with van der Waals surface area (Å²) in [5.74, 6) is 2.32. The number of halogens is 1. The molecule has 0 aliphatic carbocycles. The number of hydrogen-bond donors (Lipinski definition) is 1. The summed E-state index contributed by atoms with van der Waals surface area (Å²) in [4.78, 5) is 0. The van der Waals surface area contributed by atoms with Crippen LogP contribution in [-0.2, 0) is 19.0 Å². The van der Waals surface area contributed by atoms with Gasteiger partial charge in [0.1, 0.15) is 11.6 Å². The fourth-order valence-corrected chi connectivity index (χ4v) is 1.45. The third-order valence-corrected chi connectivity index (χ3v) is 2.06. The van der Waals surface area contributed by atoms with Gasteiger partial charge in [0.25, 0.3) is 0 Å². The van der Waals surface area contributed by atoms with Gasteiger partial charge in [-0.2, -0.15) is 0 Å². The van der Waals surface area contributed by atoms with Crippen molar-refractivity contribution in [3.05, 3.63) is 11.6 Å². The SMILES string of the molecule is ClCc1nnc2n1CCNC2. The fourth-order valence-electron chi connectivity index (χ4n) is 1.25. The van der Waals surface area contributed by atoms with E-state index in [0.717, 1.165) is 31.3 Å². The summed E-state index contributed by atoms with van der Waals surface area (Å²) < 4.78 is 2.07. The van der Waals surface area contributed by atoms with Crippen LogP contribution in [0, 0.1) is 0 Å². The first-order chi connectivity index (χ1) is 5.42. The predicted molar refractivity (Wildman–Crippen MR) is 41.3 cm³/mol. The normalized spacial score (nSPS) is 16.5. The maximum Gasteiger partial charge on any atom is 0.148 e. The summed E-state index contributed by atoms with van der Waals surface area (Å²) in [5.41, 5.74) is 0. The molecular formula is C6H9ClN4. The average molecular weight is 173 g/mol. The zero-order valence-corrected chi connectivity index (χ0v) is 6.80. The Bertz CT molecular complexity index is 244. The van der Waals surface area contributed by atoms with Gasteiger partial charge >= 0.3 is 0 Å². The van der Waals surface area contributed by atoms with Crippen LogP contribution in [0.25, 0.3) is 0 Å². The van der Waals surface area contributed by atoms with Crippen molar-refractivity contribution >= 4 is 11.6 Å². The molecule has 1 aliphatic heterocycles. The highest BCUT2D eigenvalue weighted by atomic mass is 35.5. The molecule has 0 atom stereocenters. The molecule has 0 saturated heterocycles. The number of hydrogen-bond acceptors (Lipinski definition) is 3. The summed E-state index contributed by atoms with van der Waals surface area (Å²) in [6, 6.07) is 0. The summed E-state index contributed by atoms with van der Waals surface area (Å²) in [6.45, 7) is 2.73. The molecule has 0 amide bonds. The Morgan fingerprint density at radius 1 is 1.55 bits per heavy atom. The summed E-state index contributed by atoms with van der Waals surface area (Å²) in [6.07, 6.45) is 0. The predicted octanol–water partition coefficient (Wildman–Crippen LogP) is 0.120. The zero-order valence-electron chi connectivity index (χ0n) is 6.05. The Balaban J connectivity index is 2.38. The molecule has 0 aromatic carbocycles. The van der Waals surface area contributed by atoms with Gasteiger partial charge in [0.2, 0.25) is 0 Å². The van der Waals surface area contributed by atoms with E-state index in [1.807, 2.05) is 0 Å². The van der Waals surface area contributed by atoms with Crippen LogP contribution in [0.1, 0.15) is 11.6 Å². The first-order valence-electron chi connectivity index (χ1n) is 3.59. The summed E-state index contributed by atoms with van der Waals surface area (Å²) >= 11 is 5.66. The van der Waals surface area contributed by atoms with E-state index in [9.17, 15) is 0 Å². The molecule has 0 fully saturated rings. The lowest BCUT2D eigenvalue weighted by Gasteiger charge is -2.14. The fraction of sp³-hybridized carbons (Fsp3) is 0.667. The minimum atomic E-state index is 0.451. The second-order valence-electron chi connectivity index (χ2n) is 2.49. The molecule has 0 unspecified atom stereocenters. The molecule has 0 spiro atoms. The lowest BCUT2D eigenvalue weighted by Crippen LogP contribution is -2.28. The topological polar surface area (TPSA) is 42.7 Å². The quantitative estimate of drug-likeness (QED) is 0.612. The van der Waals surface area contributed by atoms with Gasteiger partial charge in [-0.3, -0.25) is 0 Å². The van der Waals surface area contributed by atoms with Gasteiger partial charge in [0.05, 0.1) is 12.4 Å². The molecule has 0 radical (unpaired) electrons. The van der Waals surface area contributed by atoms with Crippen molar-refractivity contribution in [1.82, 2.24) is 20.1 Å². The average Bonchev–Trinajstić information content (AvgIpc) is 2.47. The van der Waals surface area contributed by atoms with E-state index in [2.05, 4.69) is 20.1 Å². The Labute approximate surface area is 69.6 Å². The van der Waals surface area contributed by atoms with Gasteiger partial charge < -0.3 is 9.88 Å². The van der Waals surface area contributed by atoms with Crippen LogP contribution in [0.5, 0.6) is 0 Å². The Hall–Kier alpha value is -0.610. The van der Waals surface area contributed by atoms with Gasteiger partial charge in [0, 0.05) is 13.1 Å². The third kappa shape index (κ3) is 1.12. The molecule has 1 N–H and O–H groups in total. The van der Waals surface area contributed by atoms with Gasteiger partial charge in [-0.15, -0.1) is 21.8 Å². The van der Waals surface area contributed by atoms with E-state index in [1.165, 1.54) is 0 Å². The second-order valence-corrected chi connectivity index (χ2v) is 2.76. The lowest BCUT2D eigenvalue weighted by atomic mass is 10.4. The van der Waals surface area contributed by atoms with Crippen LogP contribution in [0.4, 0.5) is 0 Å². The molecule has 0 saturated carbocycles. The minimum absolute atomic E-state index is 0.451. The third-order valence-electron chi connectivity index (χ3n) is 1.82. The summed E-state index contributed by atoms with van der Waals surface area (Å²) in [7, 11) is 0. The largest absolute Gasteiger partial charge is 0.312 e. The van der Waals surface area contributed by atoms with Crippen LogP contribution in [-0.4, -0.2) is 21.3 Å². The van der Waals surface area contributed by atoms with E-state index in [-0.39, 0.29) is 0 Å². The Morgan fingerprint density at radius 2 is 2.45 bits per heavy atom. The molecule has 1 aromatic heterocycles. The molecule has 0 bridgehead atoms. The molecule has 1 aromatic rings. The van der Waals surface area contributed by atoms with Crippen molar-refractivity contribution in [2.75, 3.05) is 6.54 Å². The van der Waals surface area contributed by atoms with Crippen LogP contribution in [0.15, 0.2) is 0 Å². The first kappa shape index (κ1) is 7.06. The van der Waals surface area contributed by atoms with Crippen molar-refractivity contribution < 1.29 is 0 Å². The van der Waals surface area contributed by atoms with Crippen molar-refractivity contribution in [3.63, 3.8) is 0 Å². The highest BCUT2D eigenvalue weighted by molar-refractivity contribution is 6.16. The smallest absolute Gasteiger partial charge is 0.148 e. The number of alkyl halides is 1. The summed E-state index contributed by atoms with van der Waals surface area (Å²) in [5, 5.41) is 11.2. The van der Waals surface area contributed by atoms with E-state index < -0.39 is 0 Å². The molecule has 2 heterocycles. The van der Waals surface area contributed by atoms with Gasteiger partial charge in [-0.1, -0.05) is 0 Å². The van der Waals surface area contributed by atoms with Gasteiger partial charge in [0.15, 0.2) is 0 Å². The van der Waals surface area contributed by atoms with Crippen LogP contribution in [0.3, 0.4) is 0 Å². The minimum Gasteiger partial charge on any atom is -0.312 e. The molecule has 4 nitrogen and oxygen atoms in total. The molecule has 1 aliphatic rings. The second kappa shape index (κ2) is 2.79. The number of nitrogens with one attached hydrogen (secondary N) is 1. The molecular weight excluding hydrogens is 164 g/mol. The highest BCUT2D eigenvalue weighted by Crippen LogP contribution is 2.07. The van der Waals surface area contributed by atoms with E-state index in [1.54, 1.807) is 0 Å². The van der Waals surface area contributed by atoms with Crippen LogP contribution < -0.4 is 5.32 Å². The molecule has 11 heavy (non-hydrogen) atoms. The van der Waals surface area contributed by atoms with Crippen LogP contribution >= 0.6 is 11.6 Å². The monoisotopic (exact) mass is 172 g/mol. The molecule has 5 heteroatoms. The van der Waals surface area contributed by atoms with E-state index in [4.69, 9.17) is 11.6 Å².